The number of hydrogen-bond acceptors (Lipinski definition) is 5. The van der Waals surface area contributed by atoms with Crippen LogP contribution >= 0.6 is 0 Å². The number of rotatable bonds is 3. The number of phenolic OH excluding ortho intramolecular Hbond substituents is 1. The Bertz CT molecular complexity index is 776. The summed E-state index contributed by atoms with van der Waals surface area (Å²) in [6.07, 6.45) is 1.50. The zero-order valence-electron chi connectivity index (χ0n) is 15.5. The molecular formula is C20H27N3O2. The zero-order valence-corrected chi connectivity index (χ0v) is 15.5. The predicted octanol–water partition coefficient (Wildman–Crippen LogP) is 3.15. The molecule has 2 N–H and O–H groups in total. The first-order valence-corrected chi connectivity index (χ1v) is 8.89. The van der Waals surface area contributed by atoms with Crippen molar-refractivity contribution in [2.45, 2.75) is 39.7 Å². The average Bonchev–Trinajstić information content (AvgIpc) is 2.57. The average molecular weight is 341 g/mol. The topological polar surface area (TPSA) is 69.5 Å². The minimum atomic E-state index is -0.602. The normalized spacial score (nSPS) is 19.8. The molecule has 2 atom stereocenters. The lowest BCUT2D eigenvalue weighted by Gasteiger charge is -2.32. The molecule has 134 valence electrons. The summed E-state index contributed by atoms with van der Waals surface area (Å²) >= 11 is 0. The van der Waals surface area contributed by atoms with Crippen LogP contribution in [0, 0.1) is 26.7 Å². The van der Waals surface area contributed by atoms with Crippen molar-refractivity contribution in [2.75, 3.05) is 20.1 Å². The van der Waals surface area contributed by atoms with Gasteiger partial charge in [0.15, 0.2) is 0 Å². The number of aliphatic hydroxyl groups excluding tert-OH is 1. The van der Waals surface area contributed by atoms with Crippen molar-refractivity contribution < 1.29 is 10.2 Å². The van der Waals surface area contributed by atoms with Crippen LogP contribution in [0.25, 0.3) is 11.3 Å². The smallest absolute Gasteiger partial charge is 0.125 e. The van der Waals surface area contributed by atoms with Gasteiger partial charge in [0.05, 0.1) is 11.4 Å². The summed E-state index contributed by atoms with van der Waals surface area (Å²) in [5.74, 6) is 0.392. The standard InChI is InChI=1S/C20H27N3O2/c1-12-7-8-16(17(24)10-12)18-13(2)14(3)19(22-21-18)20(25)15-6-5-9-23(4)11-15/h7-8,10,15,20,24-25H,5-6,9,11H2,1-4H3. The van der Waals surface area contributed by atoms with Gasteiger partial charge < -0.3 is 15.1 Å². The van der Waals surface area contributed by atoms with Crippen molar-refractivity contribution in [3.05, 3.63) is 40.6 Å². The second kappa shape index (κ2) is 7.10. The van der Waals surface area contributed by atoms with E-state index in [1.807, 2.05) is 32.9 Å². The molecule has 1 aliphatic heterocycles. The molecule has 2 aromatic rings. The molecule has 0 saturated carbocycles. The summed E-state index contributed by atoms with van der Waals surface area (Å²) in [7, 11) is 2.09. The van der Waals surface area contributed by atoms with Crippen molar-refractivity contribution in [2.24, 2.45) is 5.92 Å². The third-order valence-corrected chi connectivity index (χ3v) is 5.36. The van der Waals surface area contributed by atoms with E-state index in [0.29, 0.717) is 17.0 Å². The van der Waals surface area contributed by atoms with E-state index in [4.69, 9.17) is 0 Å². The SMILES string of the molecule is Cc1ccc(-c2nnc(C(O)C3CCCN(C)C3)c(C)c2C)c(O)c1. The number of aromatic hydroxyl groups is 1. The third-order valence-electron chi connectivity index (χ3n) is 5.36. The monoisotopic (exact) mass is 341 g/mol. The van der Waals surface area contributed by atoms with E-state index in [2.05, 4.69) is 22.1 Å². The lowest BCUT2D eigenvalue weighted by Crippen LogP contribution is -2.35. The van der Waals surface area contributed by atoms with E-state index < -0.39 is 6.10 Å². The van der Waals surface area contributed by atoms with Crippen LogP contribution in [0.4, 0.5) is 0 Å². The van der Waals surface area contributed by atoms with E-state index in [-0.39, 0.29) is 11.7 Å². The highest BCUT2D eigenvalue weighted by Crippen LogP contribution is 2.35. The highest BCUT2D eigenvalue weighted by molar-refractivity contribution is 5.70. The molecule has 1 fully saturated rings. The van der Waals surface area contributed by atoms with Gasteiger partial charge >= 0.3 is 0 Å². The van der Waals surface area contributed by atoms with E-state index >= 15 is 0 Å². The van der Waals surface area contributed by atoms with Gasteiger partial charge in [-0.1, -0.05) is 6.07 Å². The molecule has 5 nitrogen and oxygen atoms in total. The quantitative estimate of drug-likeness (QED) is 0.897. The lowest BCUT2D eigenvalue weighted by molar-refractivity contribution is 0.0551. The Labute approximate surface area is 149 Å². The van der Waals surface area contributed by atoms with Crippen molar-refractivity contribution in [1.29, 1.82) is 0 Å². The number of phenols is 1. The number of nitrogens with zero attached hydrogens (tertiary/aromatic N) is 3. The van der Waals surface area contributed by atoms with Crippen molar-refractivity contribution >= 4 is 0 Å². The summed E-state index contributed by atoms with van der Waals surface area (Å²) in [6, 6.07) is 5.55. The summed E-state index contributed by atoms with van der Waals surface area (Å²) in [4.78, 5) is 2.26. The van der Waals surface area contributed by atoms with Gasteiger partial charge in [-0.25, -0.2) is 0 Å². The van der Waals surface area contributed by atoms with E-state index in [0.717, 1.165) is 42.6 Å². The summed E-state index contributed by atoms with van der Waals surface area (Å²) in [5.41, 5.74) is 4.91. The van der Waals surface area contributed by atoms with Gasteiger partial charge in [-0.2, -0.15) is 5.10 Å². The number of benzene rings is 1. The molecule has 1 aromatic heterocycles. The van der Waals surface area contributed by atoms with Gasteiger partial charge in [0.1, 0.15) is 11.9 Å². The Balaban J connectivity index is 1.95. The summed E-state index contributed by atoms with van der Waals surface area (Å²) in [6.45, 7) is 7.85. The molecule has 0 radical (unpaired) electrons. The van der Waals surface area contributed by atoms with Crippen molar-refractivity contribution in [3.8, 4) is 17.0 Å². The highest BCUT2D eigenvalue weighted by Gasteiger charge is 2.29. The van der Waals surface area contributed by atoms with Crippen molar-refractivity contribution in [1.82, 2.24) is 15.1 Å². The number of aliphatic hydroxyl groups is 1. The van der Waals surface area contributed by atoms with E-state index in [1.165, 1.54) is 0 Å². The maximum atomic E-state index is 10.8. The molecule has 1 aromatic carbocycles. The second-order valence-corrected chi connectivity index (χ2v) is 7.31. The minimum absolute atomic E-state index is 0.185. The summed E-state index contributed by atoms with van der Waals surface area (Å²) in [5, 5.41) is 29.8. The van der Waals surface area contributed by atoms with E-state index in [9.17, 15) is 10.2 Å². The molecule has 2 unspecified atom stereocenters. The maximum Gasteiger partial charge on any atom is 0.125 e. The van der Waals surface area contributed by atoms with Gasteiger partial charge in [-0.3, -0.25) is 0 Å². The Kier molecular flexibility index (Phi) is 5.06. The first-order valence-electron chi connectivity index (χ1n) is 8.89. The Hall–Kier alpha value is -1.98. The number of hydrogen-bond donors (Lipinski definition) is 2. The predicted molar refractivity (Wildman–Crippen MR) is 98.5 cm³/mol. The number of aromatic nitrogens is 2. The summed E-state index contributed by atoms with van der Waals surface area (Å²) < 4.78 is 0. The van der Waals surface area contributed by atoms with Gasteiger partial charge in [0.2, 0.25) is 0 Å². The molecule has 2 heterocycles. The van der Waals surface area contributed by atoms with Crippen LogP contribution in [0.2, 0.25) is 0 Å². The van der Waals surface area contributed by atoms with Crippen molar-refractivity contribution in [3.63, 3.8) is 0 Å². The molecule has 0 amide bonds. The van der Waals surface area contributed by atoms with Gasteiger partial charge in [-0.15, -0.1) is 5.10 Å². The fraction of sp³-hybridized carbons (Fsp3) is 0.500. The Morgan fingerprint density at radius 3 is 2.60 bits per heavy atom. The number of likely N-dealkylation sites (tertiary alicyclic amines) is 1. The molecule has 0 aliphatic carbocycles. The first kappa shape index (κ1) is 17.8. The van der Waals surface area contributed by atoms with Crippen LogP contribution in [-0.4, -0.2) is 45.4 Å². The maximum absolute atomic E-state index is 10.8. The number of piperidine rings is 1. The molecule has 0 bridgehead atoms. The molecule has 1 aliphatic rings. The van der Waals surface area contributed by atoms with Crippen LogP contribution in [0.15, 0.2) is 18.2 Å². The van der Waals surface area contributed by atoms with Gasteiger partial charge in [-0.05, 0) is 76.0 Å². The Morgan fingerprint density at radius 2 is 1.92 bits per heavy atom. The van der Waals surface area contributed by atoms with Crippen LogP contribution < -0.4 is 0 Å². The fourth-order valence-electron chi connectivity index (χ4n) is 3.69. The molecule has 5 heteroatoms. The lowest BCUT2D eigenvalue weighted by atomic mass is 9.88. The van der Waals surface area contributed by atoms with Crippen LogP contribution in [-0.2, 0) is 0 Å². The second-order valence-electron chi connectivity index (χ2n) is 7.31. The van der Waals surface area contributed by atoms with E-state index in [1.54, 1.807) is 6.07 Å². The molecule has 3 rings (SSSR count). The first-order chi connectivity index (χ1) is 11.9. The molecular weight excluding hydrogens is 314 g/mol. The number of aryl methyl sites for hydroxylation is 1. The van der Waals surface area contributed by atoms with Crippen LogP contribution in [0.1, 0.15) is 41.3 Å². The zero-order chi connectivity index (χ0) is 18.1. The van der Waals surface area contributed by atoms with Crippen LogP contribution in [0.3, 0.4) is 0 Å². The van der Waals surface area contributed by atoms with Crippen LogP contribution in [0.5, 0.6) is 5.75 Å². The highest BCUT2D eigenvalue weighted by atomic mass is 16.3. The Morgan fingerprint density at radius 1 is 1.16 bits per heavy atom. The fourth-order valence-corrected chi connectivity index (χ4v) is 3.69. The third kappa shape index (κ3) is 3.53. The minimum Gasteiger partial charge on any atom is -0.507 e. The van der Waals surface area contributed by atoms with Gasteiger partial charge in [0, 0.05) is 18.0 Å². The molecule has 25 heavy (non-hydrogen) atoms. The largest absolute Gasteiger partial charge is 0.507 e. The molecule has 0 spiro atoms. The van der Waals surface area contributed by atoms with Gasteiger partial charge in [0.25, 0.3) is 0 Å². The molecule has 1 saturated heterocycles.